The number of hydrogen-bond acceptors (Lipinski definition) is 5. The van der Waals surface area contributed by atoms with Crippen LogP contribution in [0.3, 0.4) is 0 Å². The molecule has 8 heteroatoms. The fraction of sp³-hybridized carbons (Fsp3) is 0.412. The van der Waals surface area contributed by atoms with E-state index >= 15 is 0 Å². The van der Waals surface area contributed by atoms with Crippen LogP contribution >= 0.6 is 0 Å². The van der Waals surface area contributed by atoms with Gasteiger partial charge in [0.05, 0.1) is 30.9 Å². The first kappa shape index (κ1) is 17.5. The average molecular weight is 354 g/mol. The van der Waals surface area contributed by atoms with Crippen molar-refractivity contribution in [3.63, 3.8) is 0 Å². The molecule has 0 N–H and O–H groups in total. The molecule has 1 aromatic heterocycles. The third-order valence-corrected chi connectivity index (χ3v) is 3.94. The van der Waals surface area contributed by atoms with Gasteiger partial charge in [0.15, 0.2) is 0 Å². The molecule has 2 aromatic rings. The number of anilines is 1. The number of aromatic nitrogens is 1. The van der Waals surface area contributed by atoms with Crippen molar-refractivity contribution >= 4 is 22.6 Å². The summed E-state index contributed by atoms with van der Waals surface area (Å²) in [7, 11) is 0. The molecule has 1 aliphatic rings. The van der Waals surface area contributed by atoms with Gasteiger partial charge < -0.3 is 14.4 Å². The Morgan fingerprint density at radius 1 is 1.28 bits per heavy atom. The van der Waals surface area contributed by atoms with Crippen LogP contribution in [-0.2, 0) is 15.7 Å². The highest BCUT2D eigenvalue weighted by Gasteiger charge is 2.34. The lowest BCUT2D eigenvalue weighted by atomic mass is 10.1. The van der Waals surface area contributed by atoms with Crippen LogP contribution in [0.2, 0.25) is 0 Å². The Kier molecular flexibility index (Phi) is 4.80. The Balaban J connectivity index is 2.15. The first-order chi connectivity index (χ1) is 11.9. The number of halogens is 3. The molecule has 0 aliphatic carbocycles. The van der Waals surface area contributed by atoms with Crippen LogP contribution in [0.25, 0.3) is 10.9 Å². The van der Waals surface area contributed by atoms with Gasteiger partial charge in [0.1, 0.15) is 5.69 Å². The summed E-state index contributed by atoms with van der Waals surface area (Å²) < 4.78 is 49.8. The number of esters is 1. The predicted octanol–water partition coefficient (Wildman–Crippen LogP) is 3.27. The second-order valence-corrected chi connectivity index (χ2v) is 5.58. The molecule has 0 unspecified atom stereocenters. The fourth-order valence-electron chi connectivity index (χ4n) is 2.76. The Hall–Kier alpha value is -2.35. The molecular weight excluding hydrogens is 337 g/mol. The van der Waals surface area contributed by atoms with E-state index in [0.717, 1.165) is 6.07 Å². The lowest BCUT2D eigenvalue weighted by Crippen LogP contribution is -2.36. The van der Waals surface area contributed by atoms with E-state index in [0.29, 0.717) is 37.4 Å². The Bertz CT molecular complexity index is 787. The molecule has 1 saturated heterocycles. The third kappa shape index (κ3) is 3.68. The zero-order valence-electron chi connectivity index (χ0n) is 13.6. The molecular formula is C17H17F3N2O3. The predicted molar refractivity (Wildman–Crippen MR) is 85.7 cm³/mol. The normalized spacial score (nSPS) is 15.4. The number of fused-ring (bicyclic) bond motifs is 1. The number of morpholine rings is 1. The number of rotatable bonds is 3. The minimum absolute atomic E-state index is 0.185. The number of alkyl halides is 3. The van der Waals surface area contributed by atoms with Crippen molar-refractivity contribution in [1.82, 2.24) is 4.98 Å². The van der Waals surface area contributed by atoms with Crippen molar-refractivity contribution in [1.29, 1.82) is 0 Å². The van der Waals surface area contributed by atoms with Gasteiger partial charge in [-0.1, -0.05) is 0 Å². The number of pyridine rings is 1. The summed E-state index contributed by atoms with van der Waals surface area (Å²) in [6, 6.07) is 5.41. The maximum atomic E-state index is 13.2. The number of nitrogens with zero attached hydrogens (tertiary/aromatic N) is 2. The zero-order chi connectivity index (χ0) is 18.0. The van der Waals surface area contributed by atoms with Crippen molar-refractivity contribution in [3.8, 4) is 0 Å². The second kappa shape index (κ2) is 6.87. The van der Waals surface area contributed by atoms with E-state index in [2.05, 4.69) is 4.98 Å². The quantitative estimate of drug-likeness (QED) is 0.792. The van der Waals surface area contributed by atoms with Crippen molar-refractivity contribution in [2.75, 3.05) is 37.8 Å². The summed E-state index contributed by atoms with van der Waals surface area (Å²) in [5, 5.41) is 0.487. The highest BCUT2D eigenvalue weighted by atomic mass is 19.4. The van der Waals surface area contributed by atoms with Gasteiger partial charge in [0.25, 0.3) is 0 Å². The van der Waals surface area contributed by atoms with Crippen molar-refractivity contribution < 1.29 is 27.4 Å². The molecule has 0 spiro atoms. The van der Waals surface area contributed by atoms with Gasteiger partial charge >= 0.3 is 12.1 Å². The first-order valence-corrected chi connectivity index (χ1v) is 7.92. The minimum Gasteiger partial charge on any atom is -0.462 e. The van der Waals surface area contributed by atoms with Crippen LogP contribution in [0.15, 0.2) is 24.3 Å². The number of benzene rings is 1. The minimum atomic E-state index is -4.55. The maximum absolute atomic E-state index is 13.2. The largest absolute Gasteiger partial charge is 0.462 e. The van der Waals surface area contributed by atoms with Crippen LogP contribution < -0.4 is 4.90 Å². The van der Waals surface area contributed by atoms with Gasteiger partial charge in [-0.3, -0.25) is 0 Å². The number of hydrogen-bond donors (Lipinski definition) is 0. The van der Waals surface area contributed by atoms with Crippen molar-refractivity contribution in [2.45, 2.75) is 13.1 Å². The molecule has 0 atom stereocenters. The van der Waals surface area contributed by atoms with Gasteiger partial charge in [-0.15, -0.1) is 0 Å². The molecule has 5 nitrogen and oxygen atoms in total. The number of ether oxygens (including phenoxy) is 2. The van der Waals surface area contributed by atoms with E-state index in [4.69, 9.17) is 9.47 Å². The lowest BCUT2D eigenvalue weighted by molar-refractivity contribution is -0.140. The van der Waals surface area contributed by atoms with Gasteiger partial charge in [-0.05, 0) is 31.2 Å². The molecule has 0 saturated carbocycles. The Morgan fingerprint density at radius 3 is 2.64 bits per heavy atom. The fourth-order valence-corrected chi connectivity index (χ4v) is 2.76. The molecule has 1 aliphatic heterocycles. The standard InChI is InChI=1S/C17H17F3N2O3/c1-2-25-16(23)11-3-4-13-12(9-11)14(22-5-7-24-8-6-22)10-15(21-13)17(18,19)20/h3-4,9-10H,2,5-8H2,1H3. The van der Waals surface area contributed by atoms with Gasteiger partial charge in [-0.2, -0.15) is 13.2 Å². The SMILES string of the molecule is CCOC(=O)c1ccc2nc(C(F)(F)F)cc(N3CCOCC3)c2c1. The second-order valence-electron chi connectivity index (χ2n) is 5.58. The highest BCUT2D eigenvalue weighted by molar-refractivity contribution is 5.99. The number of carbonyl (C=O) groups is 1. The Morgan fingerprint density at radius 2 is 2.00 bits per heavy atom. The van der Waals surface area contributed by atoms with Crippen LogP contribution in [0.4, 0.5) is 18.9 Å². The van der Waals surface area contributed by atoms with E-state index < -0.39 is 17.8 Å². The molecule has 1 aromatic carbocycles. The van der Waals surface area contributed by atoms with E-state index in [1.807, 2.05) is 4.90 Å². The summed E-state index contributed by atoms with van der Waals surface area (Å²) in [6.07, 6.45) is -4.55. The summed E-state index contributed by atoms with van der Waals surface area (Å²) in [6.45, 7) is 3.72. The van der Waals surface area contributed by atoms with E-state index in [1.165, 1.54) is 18.2 Å². The average Bonchev–Trinajstić information content (AvgIpc) is 2.60. The molecule has 0 radical (unpaired) electrons. The molecule has 0 bridgehead atoms. The van der Waals surface area contributed by atoms with Crippen LogP contribution in [0.5, 0.6) is 0 Å². The van der Waals surface area contributed by atoms with E-state index in [-0.39, 0.29) is 17.7 Å². The summed E-state index contributed by atoms with van der Waals surface area (Å²) >= 11 is 0. The summed E-state index contributed by atoms with van der Waals surface area (Å²) in [5.74, 6) is -0.516. The number of carbonyl (C=O) groups excluding carboxylic acids is 1. The monoisotopic (exact) mass is 354 g/mol. The van der Waals surface area contributed by atoms with Gasteiger partial charge in [-0.25, -0.2) is 9.78 Å². The molecule has 1 fully saturated rings. The van der Waals surface area contributed by atoms with Gasteiger partial charge in [0, 0.05) is 24.2 Å². The highest BCUT2D eigenvalue weighted by Crippen LogP contribution is 2.35. The van der Waals surface area contributed by atoms with Crippen molar-refractivity contribution in [3.05, 3.63) is 35.5 Å². The molecule has 3 rings (SSSR count). The molecule has 0 amide bonds. The topological polar surface area (TPSA) is 51.7 Å². The van der Waals surface area contributed by atoms with Crippen molar-refractivity contribution in [2.24, 2.45) is 0 Å². The van der Waals surface area contributed by atoms with Crippen LogP contribution in [-0.4, -0.2) is 43.9 Å². The van der Waals surface area contributed by atoms with Crippen LogP contribution in [0, 0.1) is 0 Å². The summed E-state index contributed by atoms with van der Waals surface area (Å²) in [4.78, 5) is 17.5. The van der Waals surface area contributed by atoms with E-state index in [1.54, 1.807) is 6.92 Å². The van der Waals surface area contributed by atoms with Crippen LogP contribution in [0.1, 0.15) is 23.0 Å². The zero-order valence-corrected chi connectivity index (χ0v) is 13.6. The summed E-state index contributed by atoms with van der Waals surface area (Å²) in [5.41, 5.74) is -0.0908. The first-order valence-electron chi connectivity index (χ1n) is 7.92. The smallest absolute Gasteiger partial charge is 0.433 e. The Labute approximate surface area is 142 Å². The third-order valence-electron chi connectivity index (χ3n) is 3.94. The maximum Gasteiger partial charge on any atom is 0.433 e. The molecule has 2 heterocycles. The van der Waals surface area contributed by atoms with E-state index in [9.17, 15) is 18.0 Å². The molecule has 134 valence electrons. The van der Waals surface area contributed by atoms with Gasteiger partial charge in [0.2, 0.25) is 0 Å². The lowest BCUT2D eigenvalue weighted by Gasteiger charge is -2.30. The molecule has 25 heavy (non-hydrogen) atoms.